The number of guanidine groups is 1. The highest BCUT2D eigenvalue weighted by atomic mass is 16.1. The van der Waals surface area contributed by atoms with Crippen molar-refractivity contribution in [3.8, 4) is 0 Å². The third-order valence-corrected chi connectivity index (χ3v) is 4.73. The maximum atomic E-state index is 11.7. The fourth-order valence-electron chi connectivity index (χ4n) is 3.33. The molecular weight excluding hydrogens is 324 g/mol. The molecule has 138 valence electrons. The molecule has 0 atom stereocenters. The minimum absolute atomic E-state index is 0.0660. The zero-order valence-electron chi connectivity index (χ0n) is 15.5. The number of unbranched alkanes of at least 4 members (excludes halogenated alkanes) is 1. The molecule has 3 rings (SSSR count). The highest BCUT2D eigenvalue weighted by molar-refractivity contribution is 5.80. The largest absolute Gasteiger partial charge is 0.357 e. The Hall–Kier alpha value is -2.56. The number of rotatable bonds is 6. The zero-order valence-corrected chi connectivity index (χ0v) is 15.5. The summed E-state index contributed by atoms with van der Waals surface area (Å²) in [4.78, 5) is 18.9. The van der Waals surface area contributed by atoms with Crippen LogP contribution in [0.2, 0.25) is 0 Å². The van der Waals surface area contributed by atoms with E-state index < -0.39 is 0 Å². The molecule has 0 saturated heterocycles. The van der Waals surface area contributed by atoms with E-state index in [-0.39, 0.29) is 5.56 Å². The van der Waals surface area contributed by atoms with Crippen molar-refractivity contribution in [3.05, 3.63) is 70.1 Å². The minimum Gasteiger partial charge on any atom is -0.357 e. The Bertz CT molecular complexity index is 796. The molecule has 0 bridgehead atoms. The summed E-state index contributed by atoms with van der Waals surface area (Å²) in [6.07, 6.45) is 4.84. The van der Waals surface area contributed by atoms with Crippen molar-refractivity contribution >= 4 is 5.96 Å². The van der Waals surface area contributed by atoms with E-state index in [9.17, 15) is 4.79 Å². The number of aryl methyl sites for hydroxylation is 1. The normalized spacial score (nSPS) is 14.2. The summed E-state index contributed by atoms with van der Waals surface area (Å²) in [7, 11) is 0. The summed E-state index contributed by atoms with van der Waals surface area (Å²) in [5.74, 6) is 0.999. The maximum Gasteiger partial charge on any atom is 0.250 e. The minimum atomic E-state index is 0.0660. The lowest BCUT2D eigenvalue weighted by atomic mass is 10.0. The summed E-state index contributed by atoms with van der Waals surface area (Å²) in [6, 6.07) is 13.9. The van der Waals surface area contributed by atoms with Crippen LogP contribution < -0.4 is 10.9 Å². The van der Waals surface area contributed by atoms with Gasteiger partial charge in [0.2, 0.25) is 5.56 Å². The lowest BCUT2D eigenvalue weighted by molar-refractivity contribution is 0.378. The number of nitrogens with one attached hydrogen (secondary N) is 1. The van der Waals surface area contributed by atoms with Crippen LogP contribution in [0.4, 0.5) is 0 Å². The van der Waals surface area contributed by atoms with E-state index in [0.717, 1.165) is 57.9 Å². The molecule has 2 aromatic rings. The number of aromatic nitrogens is 1. The van der Waals surface area contributed by atoms with E-state index in [4.69, 9.17) is 4.99 Å². The average molecular weight is 352 g/mol. The first-order valence-corrected chi connectivity index (χ1v) is 9.53. The summed E-state index contributed by atoms with van der Waals surface area (Å²) in [5, 5.41) is 3.42. The van der Waals surface area contributed by atoms with Gasteiger partial charge in [-0.25, -0.2) is 0 Å². The van der Waals surface area contributed by atoms with E-state index in [1.165, 1.54) is 11.1 Å². The van der Waals surface area contributed by atoms with Gasteiger partial charge >= 0.3 is 0 Å². The average Bonchev–Trinajstić information content (AvgIpc) is 2.68. The molecular formula is C21H28N4O. The summed E-state index contributed by atoms with van der Waals surface area (Å²) in [6.45, 7) is 6.43. The Balaban J connectivity index is 1.53. The SMILES string of the molecule is CCNC(=NCCCCn1ccccc1=O)N1CCc2ccccc2C1. The van der Waals surface area contributed by atoms with Crippen LogP contribution in [-0.4, -0.2) is 35.1 Å². The van der Waals surface area contributed by atoms with E-state index in [2.05, 4.69) is 41.4 Å². The number of pyridine rings is 1. The van der Waals surface area contributed by atoms with Crippen LogP contribution in [-0.2, 0) is 19.5 Å². The van der Waals surface area contributed by atoms with Crippen molar-refractivity contribution in [2.75, 3.05) is 19.6 Å². The van der Waals surface area contributed by atoms with Gasteiger partial charge in [0.15, 0.2) is 5.96 Å². The molecule has 0 radical (unpaired) electrons. The molecule has 1 aliphatic heterocycles. The van der Waals surface area contributed by atoms with Gasteiger partial charge in [0.25, 0.3) is 0 Å². The molecule has 0 amide bonds. The number of aliphatic imine (C=N–C) groups is 1. The molecule has 0 aliphatic carbocycles. The lowest BCUT2D eigenvalue weighted by Crippen LogP contribution is -2.44. The van der Waals surface area contributed by atoms with E-state index >= 15 is 0 Å². The maximum absolute atomic E-state index is 11.7. The predicted octanol–water partition coefficient (Wildman–Crippen LogP) is 2.65. The van der Waals surface area contributed by atoms with Crippen molar-refractivity contribution in [1.29, 1.82) is 0 Å². The Morgan fingerprint density at radius 3 is 2.73 bits per heavy atom. The van der Waals surface area contributed by atoms with Crippen LogP contribution in [0.5, 0.6) is 0 Å². The van der Waals surface area contributed by atoms with Crippen molar-refractivity contribution in [1.82, 2.24) is 14.8 Å². The number of fused-ring (bicyclic) bond motifs is 1. The Morgan fingerprint density at radius 2 is 1.92 bits per heavy atom. The molecule has 1 aliphatic rings. The molecule has 0 spiro atoms. The molecule has 0 saturated carbocycles. The predicted molar refractivity (Wildman–Crippen MR) is 106 cm³/mol. The zero-order chi connectivity index (χ0) is 18.2. The highest BCUT2D eigenvalue weighted by Gasteiger charge is 2.18. The molecule has 2 heterocycles. The van der Waals surface area contributed by atoms with Crippen LogP contribution in [0, 0.1) is 0 Å². The molecule has 1 N–H and O–H groups in total. The smallest absolute Gasteiger partial charge is 0.250 e. The quantitative estimate of drug-likeness (QED) is 0.494. The topological polar surface area (TPSA) is 49.6 Å². The van der Waals surface area contributed by atoms with Gasteiger partial charge in [-0.2, -0.15) is 0 Å². The van der Waals surface area contributed by atoms with Gasteiger partial charge in [-0.3, -0.25) is 9.79 Å². The number of benzene rings is 1. The molecule has 26 heavy (non-hydrogen) atoms. The van der Waals surface area contributed by atoms with Gasteiger partial charge < -0.3 is 14.8 Å². The van der Waals surface area contributed by atoms with Crippen LogP contribution in [0.15, 0.2) is 58.4 Å². The molecule has 1 aromatic carbocycles. The molecule has 5 heteroatoms. The van der Waals surface area contributed by atoms with Crippen molar-refractivity contribution < 1.29 is 0 Å². The molecule has 1 aromatic heterocycles. The van der Waals surface area contributed by atoms with Crippen LogP contribution >= 0.6 is 0 Å². The van der Waals surface area contributed by atoms with Gasteiger partial charge in [-0.05, 0) is 43.4 Å². The van der Waals surface area contributed by atoms with E-state index in [1.54, 1.807) is 16.7 Å². The van der Waals surface area contributed by atoms with Gasteiger partial charge in [-0.1, -0.05) is 30.3 Å². The first-order valence-electron chi connectivity index (χ1n) is 9.53. The van der Waals surface area contributed by atoms with Crippen molar-refractivity contribution in [3.63, 3.8) is 0 Å². The fourth-order valence-corrected chi connectivity index (χ4v) is 3.33. The summed E-state index contributed by atoms with van der Waals surface area (Å²) in [5.41, 5.74) is 2.91. The number of hydrogen-bond donors (Lipinski definition) is 1. The first-order chi connectivity index (χ1) is 12.8. The summed E-state index contributed by atoms with van der Waals surface area (Å²) < 4.78 is 1.76. The third kappa shape index (κ3) is 4.75. The van der Waals surface area contributed by atoms with Crippen LogP contribution in [0.1, 0.15) is 30.9 Å². The van der Waals surface area contributed by atoms with Gasteiger partial charge in [0.05, 0.1) is 0 Å². The van der Waals surface area contributed by atoms with Crippen molar-refractivity contribution in [2.24, 2.45) is 4.99 Å². The van der Waals surface area contributed by atoms with E-state index in [0.29, 0.717) is 0 Å². The number of nitrogens with zero attached hydrogens (tertiary/aromatic N) is 3. The summed E-state index contributed by atoms with van der Waals surface area (Å²) >= 11 is 0. The Morgan fingerprint density at radius 1 is 1.12 bits per heavy atom. The monoisotopic (exact) mass is 352 g/mol. The molecule has 0 fully saturated rings. The van der Waals surface area contributed by atoms with Gasteiger partial charge in [0, 0.05) is 45.0 Å². The van der Waals surface area contributed by atoms with Gasteiger partial charge in [-0.15, -0.1) is 0 Å². The highest BCUT2D eigenvalue weighted by Crippen LogP contribution is 2.18. The van der Waals surface area contributed by atoms with Crippen molar-refractivity contribution in [2.45, 2.75) is 39.3 Å². The number of hydrogen-bond acceptors (Lipinski definition) is 2. The second-order valence-electron chi connectivity index (χ2n) is 6.62. The van der Waals surface area contributed by atoms with E-state index in [1.807, 2.05) is 12.3 Å². The molecule has 0 unspecified atom stereocenters. The second kappa shape index (κ2) is 9.22. The Labute approximate surface area is 155 Å². The van der Waals surface area contributed by atoms with Gasteiger partial charge in [0.1, 0.15) is 0 Å². The second-order valence-corrected chi connectivity index (χ2v) is 6.62. The lowest BCUT2D eigenvalue weighted by Gasteiger charge is -2.31. The fraction of sp³-hybridized carbons (Fsp3) is 0.429. The van der Waals surface area contributed by atoms with Crippen LogP contribution in [0.3, 0.4) is 0 Å². The Kier molecular flexibility index (Phi) is 6.47. The first kappa shape index (κ1) is 18.2. The third-order valence-electron chi connectivity index (χ3n) is 4.73. The standard InChI is InChI=1S/C21H28N4O/c1-2-22-21(25-16-12-18-9-3-4-10-19(18)17-25)23-13-6-8-15-24-14-7-5-11-20(24)26/h3-5,7,9-11,14H,2,6,8,12-13,15-17H2,1H3,(H,22,23). The van der Waals surface area contributed by atoms with Crippen LogP contribution in [0.25, 0.3) is 0 Å². The molecule has 5 nitrogen and oxygen atoms in total.